The van der Waals surface area contributed by atoms with Crippen LogP contribution in [-0.2, 0) is 4.74 Å². The number of nitro groups is 1. The van der Waals surface area contributed by atoms with E-state index in [4.69, 9.17) is 4.74 Å². The van der Waals surface area contributed by atoms with Crippen LogP contribution in [0.15, 0.2) is 24.3 Å². The van der Waals surface area contributed by atoms with Gasteiger partial charge >= 0.3 is 6.09 Å². The summed E-state index contributed by atoms with van der Waals surface area (Å²) >= 11 is 0. The molecule has 2 atom stereocenters. The summed E-state index contributed by atoms with van der Waals surface area (Å²) in [6.45, 7) is 4.55. The third kappa shape index (κ3) is 5.30. The fourth-order valence-corrected chi connectivity index (χ4v) is 1.71. The number of rotatable bonds is 5. The summed E-state index contributed by atoms with van der Waals surface area (Å²) in [6, 6.07) is 4.21. The Morgan fingerprint density at radius 2 is 1.91 bits per heavy atom. The second-order valence-corrected chi connectivity index (χ2v) is 5.73. The molecule has 0 unspecified atom stereocenters. The number of amides is 1. The van der Waals surface area contributed by atoms with Crippen LogP contribution < -0.4 is 5.32 Å². The van der Waals surface area contributed by atoms with Crippen LogP contribution in [0.4, 0.5) is 10.5 Å². The molecule has 0 spiro atoms. The molecule has 8 nitrogen and oxygen atoms in total. The molecule has 1 amide bonds. The van der Waals surface area contributed by atoms with Crippen molar-refractivity contribution in [1.29, 1.82) is 0 Å². The summed E-state index contributed by atoms with van der Waals surface area (Å²) in [7, 11) is 0. The van der Waals surface area contributed by atoms with E-state index in [2.05, 4.69) is 5.32 Å². The normalized spacial score (nSPS) is 14.0. The molecule has 0 heterocycles. The molecule has 22 heavy (non-hydrogen) atoms. The van der Waals surface area contributed by atoms with Gasteiger partial charge in [-0.1, -0.05) is 0 Å². The van der Waals surface area contributed by atoms with Gasteiger partial charge in [0.1, 0.15) is 11.7 Å². The number of hydrogen-bond acceptors (Lipinski definition) is 6. The minimum absolute atomic E-state index is 0.114. The number of carbonyl (C=O) groups is 1. The van der Waals surface area contributed by atoms with Crippen molar-refractivity contribution in [1.82, 2.24) is 5.32 Å². The van der Waals surface area contributed by atoms with E-state index in [0.717, 1.165) is 0 Å². The molecule has 0 aliphatic carbocycles. The van der Waals surface area contributed by atoms with Crippen LogP contribution in [0.25, 0.3) is 0 Å². The highest BCUT2D eigenvalue weighted by Gasteiger charge is 2.25. The van der Waals surface area contributed by atoms with E-state index in [0.29, 0.717) is 5.56 Å². The number of nitro benzene ring substituents is 1. The van der Waals surface area contributed by atoms with Crippen LogP contribution in [0.3, 0.4) is 0 Å². The molecule has 0 aliphatic heterocycles. The summed E-state index contributed by atoms with van der Waals surface area (Å²) in [4.78, 5) is 21.7. The van der Waals surface area contributed by atoms with Crippen molar-refractivity contribution in [2.24, 2.45) is 0 Å². The molecule has 1 aromatic carbocycles. The highest BCUT2D eigenvalue weighted by Crippen LogP contribution is 2.20. The minimum Gasteiger partial charge on any atom is -0.444 e. The Kier molecular flexibility index (Phi) is 5.84. The monoisotopic (exact) mass is 312 g/mol. The summed E-state index contributed by atoms with van der Waals surface area (Å²) < 4.78 is 5.05. The van der Waals surface area contributed by atoms with E-state index in [1.165, 1.54) is 24.3 Å². The Hall–Kier alpha value is -2.19. The number of alkyl carbamates (subject to hydrolysis) is 1. The first kappa shape index (κ1) is 17.9. The number of aliphatic hydroxyl groups is 2. The second-order valence-electron chi connectivity index (χ2n) is 5.73. The number of nitrogens with one attached hydrogen (secondary N) is 1. The summed E-state index contributed by atoms with van der Waals surface area (Å²) in [6.07, 6.45) is -1.99. The maximum absolute atomic E-state index is 11.7. The smallest absolute Gasteiger partial charge is 0.408 e. The van der Waals surface area contributed by atoms with Gasteiger partial charge in [-0.2, -0.15) is 0 Å². The van der Waals surface area contributed by atoms with Crippen molar-refractivity contribution >= 4 is 11.8 Å². The Balaban J connectivity index is 2.77. The molecule has 1 aromatic rings. The summed E-state index contributed by atoms with van der Waals surface area (Å²) in [5, 5.41) is 32.4. The standard InChI is InChI=1S/C14H20N2O6/c1-14(2,3)22-13(19)15-11(8-17)12(18)9-4-6-10(7-5-9)16(20)21/h4-7,11-12,17-18H,8H2,1-3H3,(H,15,19)/t11-,12-/m1/s1. The molecule has 0 radical (unpaired) electrons. The maximum Gasteiger partial charge on any atom is 0.408 e. The van der Waals surface area contributed by atoms with Crippen LogP contribution in [0.1, 0.15) is 32.4 Å². The lowest BCUT2D eigenvalue weighted by Crippen LogP contribution is -2.44. The maximum atomic E-state index is 11.7. The number of ether oxygens (including phenoxy) is 1. The average Bonchev–Trinajstić information content (AvgIpc) is 2.42. The van der Waals surface area contributed by atoms with Gasteiger partial charge in [0.15, 0.2) is 0 Å². The molecule has 3 N–H and O–H groups in total. The van der Waals surface area contributed by atoms with Gasteiger partial charge in [-0.25, -0.2) is 4.79 Å². The molecule has 1 rings (SSSR count). The number of nitrogens with zero attached hydrogens (tertiary/aromatic N) is 1. The van der Waals surface area contributed by atoms with E-state index >= 15 is 0 Å². The van der Waals surface area contributed by atoms with Crippen molar-refractivity contribution < 1.29 is 24.7 Å². The molecule has 0 saturated carbocycles. The van der Waals surface area contributed by atoms with E-state index in [1.54, 1.807) is 20.8 Å². The zero-order valence-corrected chi connectivity index (χ0v) is 12.6. The van der Waals surface area contributed by atoms with Crippen LogP contribution in [0, 0.1) is 10.1 Å². The predicted molar refractivity (Wildman–Crippen MR) is 78.3 cm³/mol. The van der Waals surface area contributed by atoms with Crippen LogP contribution in [0.2, 0.25) is 0 Å². The topological polar surface area (TPSA) is 122 Å². The van der Waals surface area contributed by atoms with E-state index in [-0.39, 0.29) is 5.69 Å². The van der Waals surface area contributed by atoms with Crippen molar-refractivity contribution in [3.05, 3.63) is 39.9 Å². The Bertz CT molecular complexity index is 523. The minimum atomic E-state index is -1.22. The average molecular weight is 312 g/mol. The molecule has 0 aromatic heterocycles. The number of hydrogen-bond donors (Lipinski definition) is 3. The SMILES string of the molecule is CC(C)(C)OC(=O)N[C@H](CO)[C@H](O)c1ccc([N+](=O)[O-])cc1. The molecule has 0 bridgehead atoms. The molecule has 0 aliphatic rings. The molecular formula is C14H20N2O6. The number of aliphatic hydroxyl groups excluding tert-OH is 2. The summed E-state index contributed by atoms with van der Waals surface area (Å²) in [5.74, 6) is 0. The molecule has 122 valence electrons. The highest BCUT2D eigenvalue weighted by molar-refractivity contribution is 5.68. The number of carbonyl (C=O) groups excluding carboxylic acids is 1. The van der Waals surface area contributed by atoms with Gasteiger partial charge < -0.3 is 20.3 Å². The lowest BCUT2D eigenvalue weighted by atomic mass is 10.0. The van der Waals surface area contributed by atoms with Gasteiger partial charge in [0, 0.05) is 12.1 Å². The van der Waals surface area contributed by atoms with E-state index in [1.807, 2.05) is 0 Å². The molecule has 0 saturated heterocycles. The largest absolute Gasteiger partial charge is 0.444 e. The van der Waals surface area contributed by atoms with Crippen molar-refractivity contribution in [3.63, 3.8) is 0 Å². The van der Waals surface area contributed by atoms with Gasteiger partial charge in [-0.3, -0.25) is 10.1 Å². The first-order valence-corrected chi connectivity index (χ1v) is 6.67. The summed E-state index contributed by atoms with van der Waals surface area (Å²) in [5.41, 5.74) is -0.486. The number of non-ortho nitro benzene ring substituents is 1. The third-order valence-corrected chi connectivity index (χ3v) is 2.73. The number of benzene rings is 1. The first-order valence-electron chi connectivity index (χ1n) is 6.67. The highest BCUT2D eigenvalue weighted by atomic mass is 16.6. The van der Waals surface area contributed by atoms with Crippen LogP contribution in [-0.4, -0.2) is 39.5 Å². The lowest BCUT2D eigenvalue weighted by Gasteiger charge is -2.25. The van der Waals surface area contributed by atoms with E-state index in [9.17, 15) is 25.1 Å². The quantitative estimate of drug-likeness (QED) is 0.559. The van der Waals surface area contributed by atoms with Crippen molar-refractivity contribution in [3.8, 4) is 0 Å². The zero-order valence-electron chi connectivity index (χ0n) is 12.6. The second kappa shape index (κ2) is 7.19. The zero-order chi connectivity index (χ0) is 16.9. The van der Waals surface area contributed by atoms with Gasteiger partial charge in [-0.05, 0) is 38.5 Å². The Morgan fingerprint density at radius 1 is 1.36 bits per heavy atom. The van der Waals surface area contributed by atoms with Gasteiger partial charge in [0.2, 0.25) is 0 Å². The first-order chi connectivity index (χ1) is 10.1. The van der Waals surface area contributed by atoms with Gasteiger partial charge in [-0.15, -0.1) is 0 Å². The van der Waals surface area contributed by atoms with Gasteiger partial charge in [0.05, 0.1) is 17.6 Å². The molecule has 8 heteroatoms. The fraction of sp³-hybridized carbons (Fsp3) is 0.500. The fourth-order valence-electron chi connectivity index (χ4n) is 1.71. The van der Waals surface area contributed by atoms with Crippen molar-refractivity contribution in [2.75, 3.05) is 6.61 Å². The lowest BCUT2D eigenvalue weighted by molar-refractivity contribution is -0.384. The van der Waals surface area contributed by atoms with E-state index < -0.39 is 35.4 Å². The van der Waals surface area contributed by atoms with Crippen molar-refractivity contribution in [2.45, 2.75) is 38.5 Å². The Labute approximate surface area is 127 Å². The molecular weight excluding hydrogens is 292 g/mol. The van der Waals surface area contributed by atoms with Crippen LogP contribution >= 0.6 is 0 Å². The van der Waals surface area contributed by atoms with Crippen LogP contribution in [0.5, 0.6) is 0 Å². The predicted octanol–water partition coefficient (Wildman–Crippen LogP) is 1.51. The van der Waals surface area contributed by atoms with Gasteiger partial charge in [0.25, 0.3) is 5.69 Å². The third-order valence-electron chi connectivity index (χ3n) is 2.73. The Morgan fingerprint density at radius 3 is 2.32 bits per heavy atom. The molecule has 0 fully saturated rings.